The average Bonchev–Trinajstić information content (AvgIpc) is 2.45. The van der Waals surface area contributed by atoms with Gasteiger partial charge in [-0.15, -0.1) is 0 Å². The summed E-state index contributed by atoms with van der Waals surface area (Å²) in [6, 6.07) is 8.07. The highest BCUT2D eigenvalue weighted by molar-refractivity contribution is 5.86. The molecule has 0 unspecified atom stereocenters. The van der Waals surface area contributed by atoms with Crippen LogP contribution >= 0.6 is 0 Å². The number of carbonyl (C=O) groups excluding carboxylic acids is 1. The first-order valence-electron chi connectivity index (χ1n) is 5.83. The summed E-state index contributed by atoms with van der Waals surface area (Å²) in [5.41, 5.74) is 2.64. The molecule has 0 fully saturated rings. The molecule has 1 rings (SSSR count). The quantitative estimate of drug-likeness (QED) is 0.653. The molecule has 0 spiro atoms. The molecule has 0 aliphatic heterocycles. The predicted octanol–water partition coefficient (Wildman–Crippen LogP) is 3.07. The molecular formula is C16H20O3. The molecule has 0 saturated heterocycles. The average molecular weight is 260 g/mol. The number of esters is 1. The summed E-state index contributed by atoms with van der Waals surface area (Å²) < 4.78 is 4.46. The molecular weight excluding hydrogens is 240 g/mol. The summed E-state index contributed by atoms with van der Waals surface area (Å²) in [5.74, 6) is -0.455. The molecule has 3 heteroatoms. The third-order valence-electron chi connectivity index (χ3n) is 2.08. The van der Waals surface area contributed by atoms with Crippen molar-refractivity contribution < 1.29 is 14.6 Å². The lowest BCUT2D eigenvalue weighted by molar-refractivity contribution is -0.139. The Morgan fingerprint density at radius 2 is 1.63 bits per heavy atom. The van der Waals surface area contributed by atoms with Crippen molar-refractivity contribution in [3.05, 3.63) is 60.7 Å². The standard InChI is InChI=1S/C10H10.C6H10O3/c1-3-9-5-7-10(4-2)8-6-9;1-5(2)6(8)9-4-3-7/h3-8H,1-2H2;7H,1,3-4H2,2H3. The fourth-order valence-electron chi connectivity index (χ4n) is 1.03. The van der Waals surface area contributed by atoms with Crippen molar-refractivity contribution in [2.24, 2.45) is 0 Å². The fourth-order valence-corrected chi connectivity index (χ4v) is 1.03. The highest BCUT2D eigenvalue weighted by atomic mass is 16.5. The zero-order valence-electron chi connectivity index (χ0n) is 11.3. The van der Waals surface area contributed by atoms with Crippen LogP contribution in [0.2, 0.25) is 0 Å². The Labute approximate surface area is 114 Å². The second-order valence-corrected chi connectivity index (χ2v) is 3.71. The fraction of sp³-hybridized carbons (Fsp3) is 0.188. The van der Waals surface area contributed by atoms with Gasteiger partial charge < -0.3 is 9.84 Å². The lowest BCUT2D eigenvalue weighted by Gasteiger charge is -1.99. The smallest absolute Gasteiger partial charge is 0.333 e. The van der Waals surface area contributed by atoms with Crippen molar-refractivity contribution in [2.45, 2.75) is 6.92 Å². The highest BCUT2D eigenvalue weighted by Crippen LogP contribution is 2.05. The van der Waals surface area contributed by atoms with E-state index in [0.717, 1.165) is 11.1 Å². The van der Waals surface area contributed by atoms with E-state index >= 15 is 0 Å². The van der Waals surface area contributed by atoms with Crippen LogP contribution in [-0.2, 0) is 9.53 Å². The van der Waals surface area contributed by atoms with Crippen molar-refractivity contribution in [3.63, 3.8) is 0 Å². The van der Waals surface area contributed by atoms with Crippen molar-refractivity contribution in [2.75, 3.05) is 13.2 Å². The second-order valence-electron chi connectivity index (χ2n) is 3.71. The zero-order valence-corrected chi connectivity index (χ0v) is 11.3. The van der Waals surface area contributed by atoms with Crippen LogP contribution in [0.1, 0.15) is 18.1 Å². The van der Waals surface area contributed by atoms with Gasteiger partial charge in [-0.25, -0.2) is 4.79 Å². The summed E-state index contributed by atoms with van der Waals surface area (Å²) >= 11 is 0. The molecule has 0 aromatic heterocycles. The van der Waals surface area contributed by atoms with Crippen LogP contribution in [0.3, 0.4) is 0 Å². The highest BCUT2D eigenvalue weighted by Gasteiger charge is 1.99. The number of carbonyl (C=O) groups is 1. The molecule has 1 N–H and O–H groups in total. The Hall–Kier alpha value is -2.13. The number of aliphatic hydroxyl groups is 1. The Morgan fingerprint density at radius 3 is 1.89 bits per heavy atom. The van der Waals surface area contributed by atoms with Crippen LogP contribution in [0, 0.1) is 0 Å². The van der Waals surface area contributed by atoms with Gasteiger partial charge in [0.2, 0.25) is 0 Å². The van der Waals surface area contributed by atoms with Gasteiger partial charge in [-0.2, -0.15) is 0 Å². The van der Waals surface area contributed by atoms with Crippen LogP contribution in [0.4, 0.5) is 0 Å². The summed E-state index contributed by atoms with van der Waals surface area (Å²) in [4.78, 5) is 10.5. The first-order valence-corrected chi connectivity index (χ1v) is 5.83. The summed E-state index contributed by atoms with van der Waals surface area (Å²) in [5, 5.41) is 8.19. The molecule has 0 radical (unpaired) electrons. The monoisotopic (exact) mass is 260 g/mol. The van der Waals surface area contributed by atoms with Gasteiger partial charge in [-0.3, -0.25) is 0 Å². The van der Waals surface area contributed by atoms with Gasteiger partial charge in [-0.1, -0.05) is 56.2 Å². The number of hydrogen-bond donors (Lipinski definition) is 1. The minimum absolute atomic E-state index is 0.0473. The number of rotatable bonds is 5. The Bertz CT molecular complexity index is 403. The largest absolute Gasteiger partial charge is 0.460 e. The van der Waals surface area contributed by atoms with Crippen LogP contribution in [0.15, 0.2) is 49.6 Å². The van der Waals surface area contributed by atoms with Crippen LogP contribution < -0.4 is 0 Å². The van der Waals surface area contributed by atoms with E-state index in [4.69, 9.17) is 5.11 Å². The van der Waals surface area contributed by atoms with E-state index in [-0.39, 0.29) is 13.2 Å². The molecule has 0 saturated carbocycles. The predicted molar refractivity (Wildman–Crippen MR) is 79.5 cm³/mol. The topological polar surface area (TPSA) is 46.5 Å². The van der Waals surface area contributed by atoms with Gasteiger partial charge in [0.15, 0.2) is 0 Å². The van der Waals surface area contributed by atoms with Gasteiger partial charge in [0, 0.05) is 5.57 Å². The number of hydrogen-bond acceptors (Lipinski definition) is 3. The van der Waals surface area contributed by atoms with Crippen LogP contribution in [-0.4, -0.2) is 24.3 Å². The van der Waals surface area contributed by atoms with E-state index in [1.165, 1.54) is 0 Å². The summed E-state index contributed by atoms with van der Waals surface area (Å²) in [6.07, 6.45) is 3.65. The molecule has 0 bridgehead atoms. The normalized spacial score (nSPS) is 8.74. The van der Waals surface area contributed by atoms with E-state index in [0.29, 0.717) is 5.57 Å². The molecule has 0 aliphatic rings. The second kappa shape index (κ2) is 9.85. The Kier molecular flexibility index (Phi) is 8.75. The Morgan fingerprint density at radius 1 is 1.21 bits per heavy atom. The number of benzene rings is 1. The third-order valence-corrected chi connectivity index (χ3v) is 2.08. The lowest BCUT2D eigenvalue weighted by atomic mass is 10.1. The minimum Gasteiger partial charge on any atom is -0.460 e. The summed E-state index contributed by atoms with van der Waals surface area (Å²) in [6.45, 7) is 12.1. The molecule has 1 aromatic rings. The Balaban J connectivity index is 0.000000344. The lowest BCUT2D eigenvalue weighted by Crippen LogP contribution is -2.08. The molecule has 0 aliphatic carbocycles. The van der Waals surface area contributed by atoms with Crippen LogP contribution in [0.25, 0.3) is 12.2 Å². The zero-order chi connectivity index (χ0) is 14.7. The van der Waals surface area contributed by atoms with E-state index in [9.17, 15) is 4.79 Å². The van der Waals surface area contributed by atoms with Crippen LogP contribution in [0.5, 0.6) is 0 Å². The van der Waals surface area contributed by atoms with E-state index in [2.05, 4.69) is 24.5 Å². The van der Waals surface area contributed by atoms with Crippen molar-refractivity contribution in [1.29, 1.82) is 0 Å². The SMILES string of the molecule is C=C(C)C(=O)OCCO.C=Cc1ccc(C=C)cc1. The van der Waals surface area contributed by atoms with E-state index in [1.54, 1.807) is 6.92 Å². The minimum atomic E-state index is -0.455. The molecule has 0 atom stereocenters. The van der Waals surface area contributed by atoms with E-state index in [1.807, 2.05) is 36.4 Å². The number of ether oxygens (including phenoxy) is 1. The van der Waals surface area contributed by atoms with Gasteiger partial charge in [0.05, 0.1) is 6.61 Å². The van der Waals surface area contributed by atoms with Gasteiger partial charge >= 0.3 is 5.97 Å². The molecule has 19 heavy (non-hydrogen) atoms. The van der Waals surface area contributed by atoms with Gasteiger partial charge in [-0.05, 0) is 18.1 Å². The molecule has 3 nitrogen and oxygen atoms in total. The van der Waals surface area contributed by atoms with Crippen molar-refractivity contribution in [1.82, 2.24) is 0 Å². The maximum Gasteiger partial charge on any atom is 0.333 e. The van der Waals surface area contributed by atoms with Gasteiger partial charge in [0.25, 0.3) is 0 Å². The van der Waals surface area contributed by atoms with Crippen molar-refractivity contribution >= 4 is 18.1 Å². The number of aliphatic hydroxyl groups excluding tert-OH is 1. The van der Waals surface area contributed by atoms with Gasteiger partial charge in [0.1, 0.15) is 6.61 Å². The molecule has 1 aromatic carbocycles. The maximum absolute atomic E-state index is 10.5. The first-order chi connectivity index (χ1) is 9.04. The molecule has 102 valence electrons. The third kappa shape index (κ3) is 7.73. The first kappa shape index (κ1) is 16.9. The van der Waals surface area contributed by atoms with Crippen molar-refractivity contribution in [3.8, 4) is 0 Å². The summed E-state index contributed by atoms with van der Waals surface area (Å²) in [7, 11) is 0. The molecule has 0 heterocycles. The maximum atomic E-state index is 10.5. The molecule has 0 amide bonds. The van der Waals surface area contributed by atoms with E-state index < -0.39 is 5.97 Å².